The molecule has 0 spiro atoms. The molecule has 0 bridgehead atoms. The van der Waals surface area contributed by atoms with E-state index in [2.05, 4.69) is 15.3 Å². The predicted octanol–water partition coefficient (Wildman–Crippen LogP) is 2.41. The lowest BCUT2D eigenvalue weighted by Crippen LogP contribution is -2.34. The summed E-state index contributed by atoms with van der Waals surface area (Å²) < 4.78 is 11.1. The molecule has 2 rings (SSSR count). The molecule has 0 aliphatic heterocycles. The summed E-state index contributed by atoms with van der Waals surface area (Å²) in [6, 6.07) is 0. The zero-order valence-corrected chi connectivity index (χ0v) is 13.2. The lowest BCUT2D eigenvalue weighted by Gasteiger charge is -2.35. The van der Waals surface area contributed by atoms with Gasteiger partial charge in [-0.2, -0.15) is 0 Å². The fourth-order valence-electron chi connectivity index (χ4n) is 2.92. The van der Waals surface area contributed by atoms with E-state index < -0.39 is 0 Å². The average Bonchev–Trinajstić information content (AvgIpc) is 2.53. The van der Waals surface area contributed by atoms with Crippen molar-refractivity contribution < 1.29 is 9.47 Å². The molecule has 118 valence electrons. The summed E-state index contributed by atoms with van der Waals surface area (Å²) in [6.45, 7) is 5.08. The number of hydrogen-bond acceptors (Lipinski definition) is 5. The van der Waals surface area contributed by atoms with Crippen LogP contribution in [0.5, 0.6) is 0 Å². The van der Waals surface area contributed by atoms with Gasteiger partial charge in [0.15, 0.2) is 5.82 Å². The van der Waals surface area contributed by atoms with Gasteiger partial charge in [-0.15, -0.1) is 0 Å². The van der Waals surface area contributed by atoms with Crippen LogP contribution in [0.2, 0.25) is 0 Å². The van der Waals surface area contributed by atoms with Gasteiger partial charge in [0.1, 0.15) is 5.60 Å². The summed E-state index contributed by atoms with van der Waals surface area (Å²) in [4.78, 5) is 9.17. The summed E-state index contributed by atoms with van der Waals surface area (Å²) in [7, 11) is 1.71. The first-order valence-electron chi connectivity index (χ1n) is 7.96. The van der Waals surface area contributed by atoms with Gasteiger partial charge in [-0.1, -0.05) is 19.3 Å². The first-order chi connectivity index (χ1) is 10.3. The molecule has 0 amide bonds. The van der Waals surface area contributed by atoms with Gasteiger partial charge in [0.2, 0.25) is 0 Å². The highest BCUT2D eigenvalue weighted by Gasteiger charge is 2.37. The van der Waals surface area contributed by atoms with Crippen molar-refractivity contribution in [2.24, 2.45) is 0 Å². The zero-order valence-electron chi connectivity index (χ0n) is 13.2. The van der Waals surface area contributed by atoms with Crippen LogP contribution >= 0.6 is 0 Å². The fraction of sp³-hybridized carbons (Fsp3) is 0.750. The maximum atomic E-state index is 6.05. The van der Waals surface area contributed by atoms with Crippen LogP contribution in [0.15, 0.2) is 12.4 Å². The van der Waals surface area contributed by atoms with Gasteiger partial charge in [-0.3, -0.25) is 0 Å². The second kappa shape index (κ2) is 8.41. The van der Waals surface area contributed by atoms with E-state index in [0.29, 0.717) is 13.2 Å². The molecule has 1 aromatic rings. The summed E-state index contributed by atoms with van der Waals surface area (Å²) in [6.07, 6.45) is 9.58. The van der Waals surface area contributed by atoms with Gasteiger partial charge in [0.25, 0.3) is 0 Å². The highest BCUT2D eigenvalue weighted by atomic mass is 16.5. The van der Waals surface area contributed by atoms with Crippen LogP contribution in [0.4, 0.5) is 0 Å². The Morgan fingerprint density at radius 1 is 1.19 bits per heavy atom. The van der Waals surface area contributed by atoms with Crippen molar-refractivity contribution in [3.8, 4) is 0 Å². The van der Waals surface area contributed by atoms with Gasteiger partial charge in [0.05, 0.1) is 6.61 Å². The Kier molecular flexibility index (Phi) is 6.54. The highest BCUT2D eigenvalue weighted by Crippen LogP contribution is 2.38. The van der Waals surface area contributed by atoms with Crippen molar-refractivity contribution >= 4 is 0 Å². The molecule has 0 radical (unpaired) electrons. The molecule has 5 heteroatoms. The molecule has 5 nitrogen and oxygen atoms in total. The molecule has 21 heavy (non-hydrogen) atoms. The minimum absolute atomic E-state index is 0.255. The third-order valence-corrected chi connectivity index (χ3v) is 4.01. The van der Waals surface area contributed by atoms with E-state index in [1.807, 2.05) is 19.3 Å². The average molecular weight is 293 g/mol. The van der Waals surface area contributed by atoms with Gasteiger partial charge >= 0.3 is 0 Å². The second-order valence-corrected chi connectivity index (χ2v) is 5.57. The van der Waals surface area contributed by atoms with Crippen LogP contribution in [-0.4, -0.2) is 36.8 Å². The van der Waals surface area contributed by atoms with E-state index in [-0.39, 0.29) is 5.60 Å². The van der Waals surface area contributed by atoms with E-state index in [9.17, 15) is 0 Å². The number of nitrogens with zero attached hydrogens (tertiary/aromatic N) is 2. The normalized spacial score (nSPS) is 17.8. The Hall–Kier alpha value is -1.04. The molecule has 1 saturated carbocycles. The van der Waals surface area contributed by atoms with E-state index in [1.165, 1.54) is 19.3 Å². The Labute approximate surface area is 127 Å². The molecule has 1 N–H and O–H groups in total. The molecule has 1 aliphatic rings. The molecule has 0 aromatic carbocycles. The number of ether oxygens (including phenoxy) is 2. The first-order valence-corrected chi connectivity index (χ1v) is 7.96. The number of hydrogen-bond donors (Lipinski definition) is 1. The van der Waals surface area contributed by atoms with Crippen molar-refractivity contribution in [3.05, 3.63) is 23.8 Å². The monoisotopic (exact) mass is 293 g/mol. The van der Waals surface area contributed by atoms with Crippen LogP contribution < -0.4 is 5.32 Å². The van der Waals surface area contributed by atoms with Gasteiger partial charge < -0.3 is 14.8 Å². The molecule has 1 heterocycles. The number of rotatable bonds is 8. The molecule has 1 aromatic heterocycles. The lowest BCUT2D eigenvalue weighted by molar-refractivity contribution is -0.0767. The highest BCUT2D eigenvalue weighted by molar-refractivity contribution is 5.10. The number of aromatic nitrogens is 2. The van der Waals surface area contributed by atoms with Gasteiger partial charge in [0, 0.05) is 44.8 Å². The minimum Gasteiger partial charge on any atom is -0.383 e. The summed E-state index contributed by atoms with van der Waals surface area (Å²) in [5.74, 6) is 0.852. The minimum atomic E-state index is -0.255. The maximum absolute atomic E-state index is 6.05. The summed E-state index contributed by atoms with van der Waals surface area (Å²) >= 11 is 0. The smallest absolute Gasteiger partial charge is 0.160 e. The third-order valence-electron chi connectivity index (χ3n) is 4.01. The van der Waals surface area contributed by atoms with Crippen LogP contribution in [0.3, 0.4) is 0 Å². The van der Waals surface area contributed by atoms with Crippen molar-refractivity contribution in [2.45, 2.75) is 51.2 Å². The van der Waals surface area contributed by atoms with Crippen LogP contribution in [0.25, 0.3) is 0 Å². The number of nitrogens with one attached hydrogen (secondary N) is 1. The third kappa shape index (κ3) is 4.46. The van der Waals surface area contributed by atoms with Crippen LogP contribution in [0.1, 0.15) is 50.4 Å². The zero-order chi connectivity index (χ0) is 15.0. The van der Waals surface area contributed by atoms with Crippen molar-refractivity contribution in [1.29, 1.82) is 0 Å². The fourth-order valence-corrected chi connectivity index (χ4v) is 2.92. The quantitative estimate of drug-likeness (QED) is 0.746. The summed E-state index contributed by atoms with van der Waals surface area (Å²) in [5.41, 5.74) is 0.840. The van der Waals surface area contributed by atoms with E-state index >= 15 is 0 Å². The SMILES string of the molecule is CCOC1(c2ncc(CNCCOC)cn2)CCCCC1. The van der Waals surface area contributed by atoms with Crippen LogP contribution in [0, 0.1) is 0 Å². The molecule has 0 saturated heterocycles. The lowest BCUT2D eigenvalue weighted by atomic mass is 9.84. The number of methoxy groups -OCH3 is 1. The van der Waals surface area contributed by atoms with E-state index in [4.69, 9.17) is 9.47 Å². The topological polar surface area (TPSA) is 56.3 Å². The van der Waals surface area contributed by atoms with E-state index in [1.54, 1.807) is 7.11 Å². The molecular formula is C16H27N3O2. The first kappa shape index (κ1) is 16.3. The van der Waals surface area contributed by atoms with E-state index in [0.717, 1.165) is 37.3 Å². The molecule has 0 atom stereocenters. The van der Waals surface area contributed by atoms with Crippen molar-refractivity contribution in [1.82, 2.24) is 15.3 Å². The Morgan fingerprint density at radius 3 is 2.52 bits per heavy atom. The van der Waals surface area contributed by atoms with Crippen LogP contribution in [-0.2, 0) is 21.6 Å². The molecule has 1 fully saturated rings. The molecule has 0 unspecified atom stereocenters. The standard InChI is InChI=1S/C16H27N3O2/c1-3-21-16(7-5-4-6-8-16)15-18-12-14(13-19-15)11-17-9-10-20-2/h12-13,17H,3-11H2,1-2H3. The van der Waals surface area contributed by atoms with Crippen molar-refractivity contribution in [3.63, 3.8) is 0 Å². The summed E-state index contributed by atoms with van der Waals surface area (Å²) in [5, 5.41) is 3.30. The molecule has 1 aliphatic carbocycles. The molecular weight excluding hydrogens is 266 g/mol. The Bertz CT molecular complexity index is 397. The van der Waals surface area contributed by atoms with Gasteiger partial charge in [-0.05, 0) is 19.8 Å². The predicted molar refractivity (Wildman–Crippen MR) is 82.0 cm³/mol. The largest absolute Gasteiger partial charge is 0.383 e. The second-order valence-electron chi connectivity index (χ2n) is 5.57. The van der Waals surface area contributed by atoms with Crippen molar-refractivity contribution in [2.75, 3.05) is 26.9 Å². The maximum Gasteiger partial charge on any atom is 0.160 e. The van der Waals surface area contributed by atoms with Gasteiger partial charge in [-0.25, -0.2) is 9.97 Å². The Morgan fingerprint density at radius 2 is 1.90 bits per heavy atom. The Balaban J connectivity index is 1.98.